The van der Waals surface area contributed by atoms with E-state index in [4.69, 9.17) is 0 Å². The fourth-order valence-corrected chi connectivity index (χ4v) is 4.46. The molecule has 0 radical (unpaired) electrons. The number of nitrogens with zero attached hydrogens (tertiary/aromatic N) is 1. The smallest absolute Gasteiger partial charge is 0.243 e. The predicted molar refractivity (Wildman–Crippen MR) is 85.8 cm³/mol. The summed E-state index contributed by atoms with van der Waals surface area (Å²) in [5, 5.41) is 2.75. The van der Waals surface area contributed by atoms with Gasteiger partial charge in [0, 0.05) is 26.1 Å². The SMILES string of the molecule is CCNC(=O)CCC1CCCN(S(=O)(=O)c2cccc(F)c2)C1. The largest absolute Gasteiger partial charge is 0.356 e. The van der Waals surface area contributed by atoms with E-state index in [1.807, 2.05) is 6.92 Å². The highest BCUT2D eigenvalue weighted by molar-refractivity contribution is 7.89. The fraction of sp³-hybridized carbons (Fsp3) is 0.562. The Morgan fingerprint density at radius 3 is 2.91 bits per heavy atom. The summed E-state index contributed by atoms with van der Waals surface area (Å²) in [6, 6.07) is 5.09. The molecule has 7 heteroatoms. The van der Waals surface area contributed by atoms with Gasteiger partial charge in [0.25, 0.3) is 0 Å². The van der Waals surface area contributed by atoms with E-state index in [1.54, 1.807) is 0 Å². The Morgan fingerprint density at radius 2 is 2.22 bits per heavy atom. The summed E-state index contributed by atoms with van der Waals surface area (Å²) >= 11 is 0. The summed E-state index contributed by atoms with van der Waals surface area (Å²) in [7, 11) is -3.67. The molecule has 1 amide bonds. The van der Waals surface area contributed by atoms with Crippen LogP contribution in [-0.2, 0) is 14.8 Å². The maximum absolute atomic E-state index is 13.3. The lowest BCUT2D eigenvalue weighted by atomic mass is 9.94. The minimum Gasteiger partial charge on any atom is -0.356 e. The number of hydrogen-bond donors (Lipinski definition) is 1. The lowest BCUT2D eigenvalue weighted by molar-refractivity contribution is -0.121. The molecule has 1 saturated heterocycles. The van der Waals surface area contributed by atoms with Gasteiger partial charge in [-0.3, -0.25) is 4.79 Å². The Balaban J connectivity index is 2.01. The number of carbonyl (C=O) groups is 1. The van der Waals surface area contributed by atoms with E-state index in [-0.39, 0.29) is 16.7 Å². The van der Waals surface area contributed by atoms with Crippen molar-refractivity contribution in [3.63, 3.8) is 0 Å². The standard InChI is InChI=1S/C16H23FN2O3S/c1-2-18-16(20)9-8-13-5-4-10-19(12-13)23(21,22)15-7-3-6-14(17)11-15/h3,6-7,11,13H,2,4-5,8-10,12H2,1H3,(H,18,20). The van der Waals surface area contributed by atoms with Gasteiger partial charge in [0.15, 0.2) is 0 Å². The molecule has 0 aromatic heterocycles. The molecule has 23 heavy (non-hydrogen) atoms. The first-order chi connectivity index (χ1) is 10.9. The molecule has 1 N–H and O–H groups in total. The lowest BCUT2D eigenvalue weighted by Gasteiger charge is -2.31. The molecule has 1 aliphatic rings. The zero-order chi connectivity index (χ0) is 16.9. The third kappa shape index (κ3) is 4.75. The van der Waals surface area contributed by atoms with Crippen molar-refractivity contribution in [1.82, 2.24) is 9.62 Å². The second-order valence-electron chi connectivity index (χ2n) is 5.82. The van der Waals surface area contributed by atoms with Crippen LogP contribution < -0.4 is 5.32 Å². The van der Waals surface area contributed by atoms with Gasteiger partial charge < -0.3 is 5.32 Å². The average Bonchev–Trinajstić information content (AvgIpc) is 2.53. The highest BCUT2D eigenvalue weighted by Crippen LogP contribution is 2.26. The average molecular weight is 342 g/mol. The monoisotopic (exact) mass is 342 g/mol. The van der Waals surface area contributed by atoms with Crippen LogP contribution in [0.3, 0.4) is 0 Å². The number of rotatable bonds is 6. The molecule has 5 nitrogen and oxygen atoms in total. The molecule has 0 spiro atoms. The van der Waals surface area contributed by atoms with Crippen molar-refractivity contribution in [1.29, 1.82) is 0 Å². The Hall–Kier alpha value is -1.47. The molecule has 1 heterocycles. The number of hydrogen-bond acceptors (Lipinski definition) is 3. The van der Waals surface area contributed by atoms with Gasteiger partial charge >= 0.3 is 0 Å². The van der Waals surface area contributed by atoms with Crippen molar-refractivity contribution in [3.05, 3.63) is 30.1 Å². The van der Waals surface area contributed by atoms with Crippen LogP contribution in [0.15, 0.2) is 29.2 Å². The number of amides is 1. The molecule has 0 saturated carbocycles. The second kappa shape index (κ2) is 7.88. The number of piperidine rings is 1. The number of carbonyl (C=O) groups excluding carboxylic acids is 1. The van der Waals surface area contributed by atoms with Crippen molar-refractivity contribution in [2.45, 2.75) is 37.5 Å². The summed E-state index contributed by atoms with van der Waals surface area (Å²) in [5.74, 6) is -0.400. The molecular formula is C16H23FN2O3S. The van der Waals surface area contributed by atoms with Gasteiger partial charge in [0.05, 0.1) is 4.90 Å². The van der Waals surface area contributed by atoms with Crippen LogP contribution in [0.5, 0.6) is 0 Å². The van der Waals surface area contributed by atoms with Crippen LogP contribution >= 0.6 is 0 Å². The minimum absolute atomic E-state index is 0.00221. The molecule has 1 aliphatic heterocycles. The number of sulfonamides is 1. The van der Waals surface area contributed by atoms with Crippen LogP contribution in [0.2, 0.25) is 0 Å². The van der Waals surface area contributed by atoms with E-state index in [2.05, 4.69) is 5.32 Å². The highest BCUT2D eigenvalue weighted by Gasteiger charge is 2.30. The Kier molecular flexibility index (Phi) is 6.12. The number of halogens is 1. The molecule has 1 aromatic carbocycles. The Morgan fingerprint density at radius 1 is 1.43 bits per heavy atom. The van der Waals surface area contributed by atoms with Crippen molar-refractivity contribution in [2.24, 2.45) is 5.92 Å². The molecule has 1 atom stereocenters. The quantitative estimate of drug-likeness (QED) is 0.861. The van der Waals surface area contributed by atoms with Crippen molar-refractivity contribution in [2.75, 3.05) is 19.6 Å². The van der Waals surface area contributed by atoms with Crippen molar-refractivity contribution >= 4 is 15.9 Å². The summed E-state index contributed by atoms with van der Waals surface area (Å²) in [6.07, 6.45) is 2.75. The summed E-state index contributed by atoms with van der Waals surface area (Å²) < 4.78 is 39.9. The first kappa shape index (κ1) is 17.9. The maximum Gasteiger partial charge on any atom is 0.243 e. The molecule has 2 rings (SSSR count). The van der Waals surface area contributed by atoms with Gasteiger partial charge in [0.2, 0.25) is 15.9 Å². The molecule has 0 bridgehead atoms. The third-order valence-electron chi connectivity index (χ3n) is 4.07. The zero-order valence-electron chi connectivity index (χ0n) is 13.3. The first-order valence-electron chi connectivity index (χ1n) is 7.96. The van der Waals surface area contributed by atoms with Crippen LogP contribution in [0.1, 0.15) is 32.6 Å². The summed E-state index contributed by atoms with van der Waals surface area (Å²) in [6.45, 7) is 3.30. The van der Waals surface area contributed by atoms with Gasteiger partial charge in [0.1, 0.15) is 5.82 Å². The van der Waals surface area contributed by atoms with Gasteiger partial charge in [-0.25, -0.2) is 12.8 Å². The van der Waals surface area contributed by atoms with Gasteiger partial charge in [-0.05, 0) is 50.3 Å². The molecule has 1 fully saturated rings. The van der Waals surface area contributed by atoms with Crippen molar-refractivity contribution < 1.29 is 17.6 Å². The Bertz CT molecular complexity index is 648. The zero-order valence-corrected chi connectivity index (χ0v) is 14.1. The third-order valence-corrected chi connectivity index (χ3v) is 5.93. The van der Waals surface area contributed by atoms with Crippen molar-refractivity contribution in [3.8, 4) is 0 Å². The van der Waals surface area contributed by atoms with E-state index < -0.39 is 15.8 Å². The van der Waals surface area contributed by atoms with E-state index in [1.165, 1.54) is 22.5 Å². The van der Waals surface area contributed by atoms with Crippen LogP contribution in [0, 0.1) is 11.7 Å². The normalized spacial score (nSPS) is 19.5. The highest BCUT2D eigenvalue weighted by atomic mass is 32.2. The summed E-state index contributed by atoms with van der Waals surface area (Å²) in [4.78, 5) is 11.5. The van der Waals surface area contributed by atoms with E-state index in [9.17, 15) is 17.6 Å². The maximum atomic E-state index is 13.3. The molecule has 1 aromatic rings. The summed E-state index contributed by atoms with van der Waals surface area (Å²) in [5.41, 5.74) is 0. The van der Waals surface area contributed by atoms with Gasteiger partial charge in [-0.1, -0.05) is 6.07 Å². The lowest BCUT2D eigenvalue weighted by Crippen LogP contribution is -2.40. The van der Waals surface area contributed by atoms with E-state index in [0.717, 1.165) is 18.9 Å². The predicted octanol–water partition coefficient (Wildman–Crippen LogP) is 2.14. The van der Waals surface area contributed by atoms with E-state index >= 15 is 0 Å². The van der Waals surface area contributed by atoms with E-state index in [0.29, 0.717) is 32.5 Å². The van der Waals surface area contributed by atoms with Crippen LogP contribution in [0.25, 0.3) is 0 Å². The molecule has 1 unspecified atom stereocenters. The van der Waals surface area contributed by atoms with Gasteiger partial charge in [-0.2, -0.15) is 4.31 Å². The second-order valence-corrected chi connectivity index (χ2v) is 7.76. The fourth-order valence-electron chi connectivity index (χ4n) is 2.88. The minimum atomic E-state index is -3.67. The number of benzene rings is 1. The molecule has 0 aliphatic carbocycles. The molecular weight excluding hydrogens is 319 g/mol. The Labute approximate surface area is 136 Å². The van der Waals surface area contributed by atoms with Crippen LogP contribution in [0.4, 0.5) is 4.39 Å². The number of nitrogens with one attached hydrogen (secondary N) is 1. The van der Waals surface area contributed by atoms with Crippen LogP contribution in [-0.4, -0.2) is 38.3 Å². The first-order valence-corrected chi connectivity index (χ1v) is 9.40. The topological polar surface area (TPSA) is 66.5 Å². The molecule has 128 valence electrons. The van der Waals surface area contributed by atoms with Gasteiger partial charge in [-0.15, -0.1) is 0 Å².